The Morgan fingerprint density at radius 2 is 1.69 bits per heavy atom. The third-order valence-electron chi connectivity index (χ3n) is 12.6. The highest BCUT2D eigenvalue weighted by molar-refractivity contribution is 7.88. The standard InChI is InChI=1S/C42H65N3O13S/c1-12-32-42(9)36(43-40(49)58-42)25(4)33(47)23(2)19-41(8)37(57-39-35(55-28(7)46)31(45(10)11)18-24(3)54-39)26(5)34(27(6)38(48)56-32)52-20-30(21-53-41)44-59(50,51)22-29-16-14-13-15-17-29/h13-17,23-27,30-32,34-37,39,44H,12,18-22H2,1-11H3,(H,43,49)/t23-,24-,25+,26-,27-,30?,31+,32-,34+,35-,36+,37-,39+,41-,42-/m1/s1. The summed E-state index contributed by atoms with van der Waals surface area (Å²) in [5, 5.41) is 2.81. The van der Waals surface area contributed by atoms with E-state index in [4.69, 9.17) is 33.2 Å². The largest absolute Gasteiger partial charge is 0.458 e. The van der Waals surface area contributed by atoms with E-state index < -0.39 is 106 Å². The van der Waals surface area contributed by atoms with Crippen molar-refractivity contribution in [3.05, 3.63) is 35.9 Å². The van der Waals surface area contributed by atoms with E-state index in [1.807, 2.05) is 32.8 Å². The molecule has 16 nitrogen and oxygen atoms in total. The number of amides is 1. The second-order valence-electron chi connectivity index (χ2n) is 17.7. The zero-order valence-corrected chi connectivity index (χ0v) is 37.1. The van der Waals surface area contributed by atoms with Gasteiger partial charge in [-0.15, -0.1) is 0 Å². The van der Waals surface area contributed by atoms with Crippen molar-refractivity contribution < 1.29 is 60.8 Å². The van der Waals surface area contributed by atoms with Gasteiger partial charge in [-0.1, -0.05) is 58.0 Å². The van der Waals surface area contributed by atoms with Crippen LogP contribution in [0.2, 0.25) is 0 Å². The first-order valence-corrected chi connectivity index (χ1v) is 22.4. The summed E-state index contributed by atoms with van der Waals surface area (Å²) < 4.78 is 75.0. The van der Waals surface area contributed by atoms with Crippen molar-refractivity contribution in [2.75, 3.05) is 27.3 Å². The molecular weight excluding hydrogens is 787 g/mol. The zero-order chi connectivity index (χ0) is 43.6. The molecule has 0 aromatic heterocycles. The molecule has 1 aromatic rings. The summed E-state index contributed by atoms with van der Waals surface area (Å²) in [5.74, 6) is -4.89. The number of likely N-dealkylation sites (N-methyl/N-ethyl adjacent to an activating group) is 1. The number of carbonyl (C=O) groups excluding carboxylic acids is 4. The van der Waals surface area contributed by atoms with Gasteiger partial charge in [-0.05, 0) is 66.6 Å². The Bertz CT molecular complexity index is 1770. The van der Waals surface area contributed by atoms with Crippen LogP contribution in [0.1, 0.15) is 87.1 Å². The molecule has 5 rings (SSSR count). The maximum absolute atomic E-state index is 14.6. The van der Waals surface area contributed by atoms with Crippen molar-refractivity contribution in [1.29, 1.82) is 0 Å². The molecule has 4 heterocycles. The molecule has 1 amide bonds. The average molecular weight is 852 g/mol. The van der Waals surface area contributed by atoms with Gasteiger partial charge in [-0.25, -0.2) is 17.9 Å². The predicted molar refractivity (Wildman–Crippen MR) is 215 cm³/mol. The van der Waals surface area contributed by atoms with Crippen LogP contribution in [0.5, 0.6) is 0 Å². The lowest BCUT2D eigenvalue weighted by molar-refractivity contribution is -0.304. The number of nitrogens with one attached hydrogen (secondary N) is 2. The molecule has 0 saturated carbocycles. The number of cyclic esters (lactones) is 1. The number of benzene rings is 1. The molecule has 332 valence electrons. The third-order valence-corrected chi connectivity index (χ3v) is 14.0. The highest BCUT2D eigenvalue weighted by Gasteiger charge is 2.58. The van der Waals surface area contributed by atoms with E-state index in [0.29, 0.717) is 12.0 Å². The minimum atomic E-state index is -3.94. The zero-order valence-electron chi connectivity index (χ0n) is 36.3. The summed E-state index contributed by atoms with van der Waals surface area (Å²) in [4.78, 5) is 56.3. The number of ketones is 1. The fourth-order valence-corrected chi connectivity index (χ4v) is 10.9. The van der Waals surface area contributed by atoms with E-state index in [1.54, 1.807) is 71.9 Å². The summed E-state index contributed by atoms with van der Waals surface area (Å²) in [7, 11) is -0.178. The molecular formula is C42H65N3O13S. The molecule has 17 heteroatoms. The Kier molecular flexibility index (Phi) is 15.0. The van der Waals surface area contributed by atoms with Crippen LogP contribution in [0.3, 0.4) is 0 Å². The molecule has 4 aliphatic rings. The first-order chi connectivity index (χ1) is 27.6. The van der Waals surface area contributed by atoms with Gasteiger partial charge in [0.1, 0.15) is 11.9 Å². The number of rotatable bonds is 9. The van der Waals surface area contributed by atoms with E-state index in [-0.39, 0.29) is 49.7 Å². The smallest absolute Gasteiger partial charge is 0.408 e. The van der Waals surface area contributed by atoms with Crippen LogP contribution in [0, 0.1) is 23.7 Å². The van der Waals surface area contributed by atoms with Gasteiger partial charge in [0.05, 0.1) is 66.9 Å². The molecule has 4 fully saturated rings. The fourth-order valence-electron chi connectivity index (χ4n) is 9.59. The Morgan fingerprint density at radius 1 is 1.02 bits per heavy atom. The monoisotopic (exact) mass is 851 g/mol. The fraction of sp³-hybridized carbons (Fsp3) is 0.762. The summed E-state index contributed by atoms with van der Waals surface area (Å²) >= 11 is 0. The number of nitrogens with zero attached hydrogens (tertiary/aromatic N) is 1. The molecule has 0 spiro atoms. The van der Waals surface area contributed by atoms with Crippen molar-refractivity contribution in [2.45, 2.75) is 153 Å². The second kappa shape index (κ2) is 18.8. The second-order valence-corrected chi connectivity index (χ2v) is 19.4. The number of ether oxygens (including phenoxy) is 7. The minimum Gasteiger partial charge on any atom is -0.458 e. The summed E-state index contributed by atoms with van der Waals surface area (Å²) in [6.07, 6.45) is -5.08. The van der Waals surface area contributed by atoms with Gasteiger partial charge in [0.2, 0.25) is 10.0 Å². The lowest BCUT2D eigenvalue weighted by atomic mass is 9.73. The summed E-state index contributed by atoms with van der Waals surface area (Å²) in [6.45, 7) is 15.1. The number of esters is 2. The predicted octanol–water partition coefficient (Wildman–Crippen LogP) is 3.74. The number of Topliss-reactive ketones (excluding diaryl/α,β-unsaturated/α-hetero) is 1. The minimum absolute atomic E-state index is 0.0628. The van der Waals surface area contributed by atoms with Gasteiger partial charge in [0.15, 0.2) is 18.0 Å². The molecule has 59 heavy (non-hydrogen) atoms. The van der Waals surface area contributed by atoms with Crippen LogP contribution in [-0.4, -0.2) is 131 Å². The van der Waals surface area contributed by atoms with Gasteiger partial charge < -0.3 is 43.4 Å². The maximum Gasteiger partial charge on any atom is 0.408 e. The Balaban J connectivity index is 1.64. The van der Waals surface area contributed by atoms with Gasteiger partial charge >= 0.3 is 18.0 Å². The van der Waals surface area contributed by atoms with E-state index in [0.717, 1.165) is 0 Å². The van der Waals surface area contributed by atoms with Crippen LogP contribution in [0.25, 0.3) is 0 Å². The van der Waals surface area contributed by atoms with Gasteiger partial charge in [0.25, 0.3) is 0 Å². The van der Waals surface area contributed by atoms with Crippen molar-refractivity contribution in [3.63, 3.8) is 0 Å². The lowest BCUT2D eigenvalue weighted by Gasteiger charge is -2.49. The molecule has 1 aromatic carbocycles. The molecule has 2 N–H and O–H groups in total. The molecule has 1 unspecified atom stereocenters. The van der Waals surface area contributed by atoms with Crippen molar-refractivity contribution in [3.8, 4) is 0 Å². The molecule has 4 saturated heterocycles. The number of hydrogen-bond donors (Lipinski definition) is 2. The third kappa shape index (κ3) is 10.6. The van der Waals surface area contributed by atoms with Crippen LogP contribution in [-0.2, 0) is 63.3 Å². The highest BCUT2D eigenvalue weighted by atomic mass is 32.2. The lowest BCUT2D eigenvalue weighted by Crippen LogP contribution is -2.61. The number of alkyl carbamates (subject to hydrolysis) is 1. The average Bonchev–Trinajstić information content (AvgIpc) is 3.49. The van der Waals surface area contributed by atoms with Crippen molar-refractivity contribution in [2.24, 2.45) is 23.7 Å². The van der Waals surface area contributed by atoms with Crippen molar-refractivity contribution >= 4 is 33.8 Å². The van der Waals surface area contributed by atoms with Crippen LogP contribution >= 0.6 is 0 Å². The number of sulfonamides is 1. The SMILES string of the molecule is CC[C@H]1OC(=O)[C@H](C)[C@H]2OCC(NS(=O)(=O)Cc3ccccc3)CO[C@](C)(C[C@@H](C)C(=O)[C@H](C)[C@@H]3NC(=O)O[C@]13C)[C@H](O[C@@H]1O[C@H](C)C[C@H](N(C)C)[C@H]1OC(C)=O)[C@@H]2C. The first-order valence-electron chi connectivity index (χ1n) is 20.8. The number of hydrogen-bond acceptors (Lipinski definition) is 14. The highest BCUT2D eigenvalue weighted by Crippen LogP contribution is 2.42. The van der Waals surface area contributed by atoms with Crippen LogP contribution < -0.4 is 10.0 Å². The Morgan fingerprint density at radius 3 is 2.32 bits per heavy atom. The maximum atomic E-state index is 14.6. The first kappa shape index (κ1) is 46.9. The van der Waals surface area contributed by atoms with Gasteiger partial charge in [0, 0.05) is 24.7 Å². The molecule has 0 radical (unpaired) electrons. The van der Waals surface area contributed by atoms with E-state index in [9.17, 15) is 27.6 Å². The van der Waals surface area contributed by atoms with Crippen LogP contribution in [0.4, 0.5) is 4.79 Å². The summed E-state index contributed by atoms with van der Waals surface area (Å²) in [5.41, 5.74) is -2.18. The van der Waals surface area contributed by atoms with E-state index in [2.05, 4.69) is 10.0 Å². The van der Waals surface area contributed by atoms with Crippen molar-refractivity contribution in [1.82, 2.24) is 14.9 Å². The molecule has 0 aliphatic carbocycles. The number of carbonyl (C=O) groups is 4. The van der Waals surface area contributed by atoms with E-state index >= 15 is 0 Å². The van der Waals surface area contributed by atoms with Gasteiger partial charge in [-0.2, -0.15) is 0 Å². The topological polar surface area (TPSA) is 194 Å². The molecule has 2 bridgehead atoms. The van der Waals surface area contributed by atoms with Crippen LogP contribution in [0.15, 0.2) is 30.3 Å². The number of fused-ring (bicyclic) bond motifs is 4. The van der Waals surface area contributed by atoms with E-state index in [1.165, 1.54) is 6.92 Å². The van der Waals surface area contributed by atoms with Gasteiger partial charge in [-0.3, -0.25) is 14.4 Å². The molecule has 15 atom stereocenters. The summed E-state index contributed by atoms with van der Waals surface area (Å²) in [6, 6.07) is 6.70. The normalized spacial score (nSPS) is 40.1. The Labute approximate surface area is 349 Å². The molecule has 4 aliphatic heterocycles. The quantitative estimate of drug-likeness (QED) is 0.270. The Hall–Kier alpha value is -3.19.